The molecule has 0 fully saturated rings. The molecule has 29 heavy (non-hydrogen) atoms. The number of rotatable bonds is 7. The lowest BCUT2D eigenvalue weighted by molar-refractivity contribution is -0.115. The number of carbonyl (C=O) groups is 1. The molecule has 2 heterocycles. The first kappa shape index (κ1) is 20.4. The number of anilines is 2. The van der Waals surface area contributed by atoms with Crippen molar-refractivity contribution in [1.82, 2.24) is 20.5 Å². The number of hydrogen-bond donors (Lipinski definition) is 4. The largest absolute Gasteiger partial charge is 0.405 e. The lowest BCUT2D eigenvalue weighted by Gasteiger charge is -2.18. The van der Waals surface area contributed by atoms with E-state index in [2.05, 4.69) is 31.1 Å². The van der Waals surface area contributed by atoms with Crippen molar-refractivity contribution >= 4 is 28.6 Å². The lowest BCUT2D eigenvalue weighted by atomic mass is 10.1. The van der Waals surface area contributed by atoms with E-state index in [1.165, 1.54) is 19.4 Å². The number of fused-ring (bicyclic) bond motifs is 1. The van der Waals surface area contributed by atoms with E-state index in [4.69, 9.17) is 4.74 Å². The Labute approximate surface area is 163 Å². The number of pyridine rings is 1. The average Bonchev–Trinajstić information content (AvgIpc) is 3.08. The van der Waals surface area contributed by atoms with Gasteiger partial charge in [0.1, 0.15) is 12.4 Å². The molecule has 0 aliphatic heterocycles. The summed E-state index contributed by atoms with van der Waals surface area (Å²) in [6.07, 6.45) is -3.03. The molecular weight excluding hydrogens is 389 g/mol. The Morgan fingerprint density at radius 3 is 2.72 bits per heavy atom. The Hall–Kier alpha value is -3.34. The van der Waals surface area contributed by atoms with Crippen molar-refractivity contribution in [1.29, 1.82) is 0 Å². The van der Waals surface area contributed by atoms with Crippen molar-refractivity contribution < 1.29 is 22.7 Å². The van der Waals surface area contributed by atoms with Crippen LogP contribution in [0.15, 0.2) is 42.6 Å². The summed E-state index contributed by atoms with van der Waals surface area (Å²) in [4.78, 5) is 16.4. The molecule has 0 bridgehead atoms. The fourth-order valence-electron chi connectivity index (χ4n) is 2.68. The topological polar surface area (TPSA) is 104 Å². The lowest BCUT2D eigenvalue weighted by Crippen LogP contribution is -2.35. The summed E-state index contributed by atoms with van der Waals surface area (Å²) in [7, 11) is 1.54. The number of nitrogens with one attached hydrogen (secondary N) is 4. The van der Waals surface area contributed by atoms with Gasteiger partial charge in [0.05, 0.1) is 23.6 Å². The fourth-order valence-corrected chi connectivity index (χ4v) is 2.68. The van der Waals surface area contributed by atoms with E-state index in [0.29, 0.717) is 10.9 Å². The van der Waals surface area contributed by atoms with Crippen LogP contribution in [0.2, 0.25) is 0 Å². The Morgan fingerprint density at radius 2 is 2.03 bits per heavy atom. The molecule has 0 aliphatic rings. The molecule has 3 aromatic rings. The standard InChI is InChI=1S/C18H19F3N6O2/c1-29-9-14(11-5-3-2-4-6-11)24-17(28)25-15-7-13-12(8-22-15)16(27-26-13)23-10-18(19,20)21/h2-8,14H,9-10H2,1H3,(H2,23,26,27)(H2,22,24,25,28)/t14-/m1/s1. The van der Waals surface area contributed by atoms with Crippen LogP contribution in [0.25, 0.3) is 10.9 Å². The number of carbonyl (C=O) groups excluding carboxylic acids is 1. The Bertz CT molecular complexity index is 961. The van der Waals surface area contributed by atoms with Gasteiger partial charge in [-0.1, -0.05) is 30.3 Å². The van der Waals surface area contributed by atoms with Crippen molar-refractivity contribution in [3.05, 3.63) is 48.2 Å². The SMILES string of the molecule is COC[C@@H](NC(=O)Nc1cc2[nH]nc(NCC(F)(F)F)c2cn1)c1ccccc1. The first-order chi connectivity index (χ1) is 13.9. The molecule has 0 saturated carbocycles. The zero-order valence-corrected chi connectivity index (χ0v) is 15.4. The van der Waals surface area contributed by atoms with E-state index >= 15 is 0 Å². The van der Waals surface area contributed by atoms with Gasteiger partial charge in [0, 0.05) is 19.4 Å². The molecule has 3 rings (SSSR count). The predicted octanol–water partition coefficient (Wildman–Crippen LogP) is 3.44. The number of aromatic nitrogens is 3. The smallest absolute Gasteiger partial charge is 0.382 e. The molecule has 0 aliphatic carbocycles. The molecule has 2 amide bonds. The maximum atomic E-state index is 12.4. The van der Waals surface area contributed by atoms with Gasteiger partial charge in [0.15, 0.2) is 5.82 Å². The van der Waals surface area contributed by atoms with Crippen molar-refractivity contribution in [2.24, 2.45) is 0 Å². The van der Waals surface area contributed by atoms with Crippen LogP contribution in [-0.4, -0.2) is 47.7 Å². The molecule has 0 spiro atoms. The number of hydrogen-bond acceptors (Lipinski definition) is 5. The molecule has 1 aromatic carbocycles. The van der Waals surface area contributed by atoms with Crippen LogP contribution >= 0.6 is 0 Å². The van der Waals surface area contributed by atoms with E-state index < -0.39 is 18.8 Å². The Balaban J connectivity index is 1.67. The number of benzene rings is 1. The molecule has 0 unspecified atom stereocenters. The molecule has 154 valence electrons. The predicted molar refractivity (Wildman–Crippen MR) is 102 cm³/mol. The first-order valence-electron chi connectivity index (χ1n) is 8.62. The summed E-state index contributed by atoms with van der Waals surface area (Å²) in [6.45, 7) is -0.936. The minimum Gasteiger partial charge on any atom is -0.382 e. The van der Waals surface area contributed by atoms with E-state index in [0.717, 1.165) is 5.56 Å². The minimum atomic E-state index is -4.37. The zero-order chi connectivity index (χ0) is 20.9. The Kier molecular flexibility index (Phi) is 6.17. The monoisotopic (exact) mass is 408 g/mol. The number of nitrogens with zero attached hydrogens (tertiary/aromatic N) is 2. The number of methoxy groups -OCH3 is 1. The van der Waals surface area contributed by atoms with E-state index in [9.17, 15) is 18.0 Å². The van der Waals surface area contributed by atoms with E-state index in [1.807, 2.05) is 30.3 Å². The summed E-state index contributed by atoms with van der Waals surface area (Å²) in [5.74, 6) is 0.246. The van der Waals surface area contributed by atoms with Crippen molar-refractivity contribution in [3.63, 3.8) is 0 Å². The molecule has 8 nitrogen and oxygen atoms in total. The number of H-pyrrole nitrogens is 1. The van der Waals surface area contributed by atoms with Gasteiger partial charge in [-0.2, -0.15) is 18.3 Å². The summed E-state index contributed by atoms with van der Waals surface area (Å²) < 4.78 is 42.2. The van der Waals surface area contributed by atoms with Gasteiger partial charge in [0.25, 0.3) is 0 Å². The van der Waals surface area contributed by atoms with Gasteiger partial charge >= 0.3 is 12.2 Å². The van der Waals surface area contributed by atoms with E-state index in [1.54, 1.807) is 0 Å². The molecule has 4 N–H and O–H groups in total. The van der Waals surface area contributed by atoms with Crippen molar-refractivity contribution in [2.45, 2.75) is 12.2 Å². The second-order valence-electron chi connectivity index (χ2n) is 6.17. The molecular formula is C18H19F3N6O2. The van der Waals surface area contributed by atoms with Crippen LogP contribution in [0.1, 0.15) is 11.6 Å². The third kappa shape index (κ3) is 5.57. The van der Waals surface area contributed by atoms with Crippen LogP contribution in [0, 0.1) is 0 Å². The Morgan fingerprint density at radius 1 is 1.28 bits per heavy atom. The van der Waals surface area contributed by atoms with Gasteiger partial charge in [-0.05, 0) is 5.56 Å². The van der Waals surface area contributed by atoms with Crippen LogP contribution in [0.3, 0.4) is 0 Å². The third-order valence-electron chi connectivity index (χ3n) is 3.99. The number of aromatic amines is 1. The number of alkyl halides is 3. The normalized spacial score (nSPS) is 12.6. The molecule has 2 aromatic heterocycles. The first-order valence-corrected chi connectivity index (χ1v) is 8.62. The summed E-state index contributed by atoms with van der Waals surface area (Å²) in [5.41, 5.74) is 1.30. The van der Waals surface area contributed by atoms with Gasteiger partial charge in [-0.3, -0.25) is 10.4 Å². The fraction of sp³-hybridized carbons (Fsp3) is 0.278. The average molecular weight is 408 g/mol. The molecule has 11 heteroatoms. The maximum Gasteiger partial charge on any atom is 0.405 e. The third-order valence-corrected chi connectivity index (χ3v) is 3.99. The number of ether oxygens (including phenoxy) is 1. The van der Waals surface area contributed by atoms with Crippen LogP contribution in [0.5, 0.6) is 0 Å². The van der Waals surface area contributed by atoms with Crippen molar-refractivity contribution in [3.8, 4) is 0 Å². The van der Waals surface area contributed by atoms with Gasteiger partial charge in [0.2, 0.25) is 0 Å². The maximum absolute atomic E-state index is 12.4. The quantitative estimate of drug-likeness (QED) is 0.480. The summed E-state index contributed by atoms with van der Waals surface area (Å²) in [5, 5.41) is 14.4. The molecule has 0 saturated heterocycles. The molecule has 0 radical (unpaired) electrons. The highest BCUT2D eigenvalue weighted by molar-refractivity contribution is 5.94. The zero-order valence-electron chi connectivity index (χ0n) is 15.4. The molecule has 1 atom stereocenters. The second-order valence-corrected chi connectivity index (χ2v) is 6.17. The number of urea groups is 1. The number of halogens is 3. The van der Waals surface area contributed by atoms with Crippen LogP contribution in [0.4, 0.5) is 29.6 Å². The highest BCUT2D eigenvalue weighted by Gasteiger charge is 2.27. The second kappa shape index (κ2) is 8.78. The highest BCUT2D eigenvalue weighted by Crippen LogP contribution is 2.23. The summed E-state index contributed by atoms with van der Waals surface area (Å²) in [6, 6.07) is 9.94. The summed E-state index contributed by atoms with van der Waals surface area (Å²) >= 11 is 0. The van der Waals surface area contributed by atoms with Gasteiger partial charge < -0.3 is 15.4 Å². The highest BCUT2D eigenvalue weighted by atomic mass is 19.4. The van der Waals surface area contributed by atoms with E-state index in [-0.39, 0.29) is 24.3 Å². The van der Waals surface area contributed by atoms with Crippen LogP contribution < -0.4 is 16.0 Å². The van der Waals surface area contributed by atoms with Gasteiger partial charge in [-0.25, -0.2) is 9.78 Å². The van der Waals surface area contributed by atoms with Crippen molar-refractivity contribution in [2.75, 3.05) is 30.9 Å². The van der Waals surface area contributed by atoms with Gasteiger partial charge in [-0.15, -0.1) is 0 Å². The van der Waals surface area contributed by atoms with Crippen LogP contribution in [-0.2, 0) is 4.74 Å². The minimum absolute atomic E-state index is 0.0325. The number of amides is 2.